The van der Waals surface area contributed by atoms with Crippen LogP contribution in [0.5, 0.6) is 0 Å². The van der Waals surface area contributed by atoms with Gasteiger partial charge in [0.05, 0.1) is 7.11 Å². The molecule has 0 aromatic heterocycles. The monoisotopic (exact) mass is 281 g/mol. The Hall–Kier alpha value is -1.66. The predicted molar refractivity (Wildman–Crippen MR) is 70.7 cm³/mol. The van der Waals surface area contributed by atoms with Crippen LogP contribution >= 0.6 is 0 Å². The summed E-state index contributed by atoms with van der Waals surface area (Å²) < 4.78 is 29.6. The highest BCUT2D eigenvalue weighted by molar-refractivity contribution is 7.92. The molecule has 19 heavy (non-hydrogen) atoms. The minimum Gasteiger partial charge on any atom is -0.468 e. The molecule has 102 valence electrons. The zero-order valence-corrected chi connectivity index (χ0v) is 11.3. The van der Waals surface area contributed by atoms with Gasteiger partial charge in [0.25, 0.3) is 0 Å². The number of rotatable bonds is 4. The number of nitrogens with zero attached hydrogens (tertiary/aromatic N) is 1. The van der Waals surface area contributed by atoms with E-state index in [0.717, 1.165) is 15.3 Å². The average molecular weight is 281 g/mol. The van der Waals surface area contributed by atoms with Crippen LogP contribution in [0, 0.1) is 0 Å². The molecule has 0 saturated heterocycles. The Balaban J connectivity index is 2.25. The van der Waals surface area contributed by atoms with E-state index in [2.05, 4.69) is 0 Å². The molecule has 1 unspecified atom stereocenters. The van der Waals surface area contributed by atoms with E-state index in [0.29, 0.717) is 6.42 Å². The van der Waals surface area contributed by atoms with E-state index >= 15 is 0 Å². The number of benzene rings is 1. The molecule has 0 spiro atoms. The van der Waals surface area contributed by atoms with Crippen LogP contribution in [0.2, 0.25) is 0 Å². The van der Waals surface area contributed by atoms with Gasteiger partial charge >= 0.3 is 5.97 Å². The van der Waals surface area contributed by atoms with Crippen molar-refractivity contribution in [3.63, 3.8) is 0 Å². The van der Waals surface area contributed by atoms with Crippen LogP contribution < -0.4 is 0 Å². The van der Waals surface area contributed by atoms with Crippen LogP contribution in [0.25, 0.3) is 0 Å². The number of methoxy groups -OCH3 is 1. The lowest BCUT2D eigenvalue weighted by atomic mass is 10.1. The second-order valence-corrected chi connectivity index (χ2v) is 5.99. The molecule has 1 heterocycles. The topological polar surface area (TPSA) is 63.7 Å². The summed E-state index contributed by atoms with van der Waals surface area (Å²) in [7, 11) is -2.25. The Morgan fingerprint density at radius 3 is 2.58 bits per heavy atom. The van der Waals surface area contributed by atoms with E-state index in [-0.39, 0.29) is 6.54 Å². The maximum absolute atomic E-state index is 11.8. The molecule has 0 bridgehead atoms. The Labute approximate surface area is 112 Å². The van der Waals surface area contributed by atoms with Gasteiger partial charge in [0.1, 0.15) is 6.04 Å². The standard InChI is InChI=1S/C13H15NO4S/c1-18-13(15)12(10-11-6-3-2-4-7-11)14-8-5-9-19(14,16)17/h2-7,9,12H,8,10H2,1H3. The van der Waals surface area contributed by atoms with Crippen molar-refractivity contribution >= 4 is 16.0 Å². The normalized spacial score (nSPS) is 19.2. The van der Waals surface area contributed by atoms with E-state index in [1.165, 1.54) is 13.2 Å². The lowest BCUT2D eigenvalue weighted by Crippen LogP contribution is -2.44. The van der Waals surface area contributed by atoms with E-state index in [1.807, 2.05) is 30.3 Å². The molecule has 0 saturated carbocycles. The van der Waals surface area contributed by atoms with Crippen LogP contribution in [0.4, 0.5) is 0 Å². The molecule has 0 radical (unpaired) electrons. The molecule has 2 rings (SSSR count). The van der Waals surface area contributed by atoms with E-state index in [1.54, 1.807) is 0 Å². The van der Waals surface area contributed by atoms with Crippen molar-refractivity contribution in [3.05, 3.63) is 47.4 Å². The molecule has 6 heteroatoms. The Bertz CT molecular complexity index is 580. The molecular weight excluding hydrogens is 266 g/mol. The fourth-order valence-corrected chi connectivity index (χ4v) is 3.33. The van der Waals surface area contributed by atoms with Gasteiger partial charge in [-0.25, -0.2) is 8.42 Å². The molecule has 1 aliphatic rings. The number of carbonyl (C=O) groups excluding carboxylic acids is 1. The summed E-state index contributed by atoms with van der Waals surface area (Å²) >= 11 is 0. The summed E-state index contributed by atoms with van der Waals surface area (Å²) in [6.07, 6.45) is 1.82. The first-order chi connectivity index (χ1) is 9.04. The molecule has 0 fully saturated rings. The Morgan fingerprint density at radius 1 is 1.37 bits per heavy atom. The SMILES string of the molecule is COC(=O)C(Cc1ccccc1)N1CC=CS1(=O)=O. The first kappa shape index (κ1) is 13.8. The van der Waals surface area contributed by atoms with Crippen LogP contribution in [0.1, 0.15) is 5.56 Å². The molecule has 0 amide bonds. The van der Waals surface area contributed by atoms with Crippen molar-refractivity contribution in [2.45, 2.75) is 12.5 Å². The van der Waals surface area contributed by atoms with E-state index < -0.39 is 22.0 Å². The van der Waals surface area contributed by atoms with E-state index in [4.69, 9.17) is 4.74 Å². The third kappa shape index (κ3) is 3.02. The quantitative estimate of drug-likeness (QED) is 0.770. The minimum absolute atomic E-state index is 0.203. The molecule has 1 atom stereocenters. The highest BCUT2D eigenvalue weighted by atomic mass is 32.2. The smallest absolute Gasteiger partial charge is 0.324 e. The van der Waals surface area contributed by atoms with Crippen molar-refractivity contribution in [3.8, 4) is 0 Å². The number of sulfonamides is 1. The van der Waals surface area contributed by atoms with Crippen LogP contribution in [-0.2, 0) is 26.0 Å². The van der Waals surface area contributed by atoms with Crippen LogP contribution in [0.3, 0.4) is 0 Å². The number of esters is 1. The Morgan fingerprint density at radius 2 is 2.05 bits per heavy atom. The third-order valence-corrected chi connectivity index (χ3v) is 4.57. The highest BCUT2D eigenvalue weighted by Gasteiger charge is 2.36. The Kier molecular flexibility index (Phi) is 4.01. The molecule has 1 aliphatic heterocycles. The molecule has 0 aliphatic carbocycles. The maximum Gasteiger partial charge on any atom is 0.324 e. The lowest BCUT2D eigenvalue weighted by molar-refractivity contribution is -0.145. The van der Waals surface area contributed by atoms with Crippen molar-refractivity contribution in [2.75, 3.05) is 13.7 Å². The van der Waals surface area contributed by atoms with Gasteiger partial charge in [-0.2, -0.15) is 4.31 Å². The molecule has 0 N–H and O–H groups in total. The fourth-order valence-electron chi connectivity index (χ4n) is 2.03. The molecule has 1 aromatic carbocycles. The number of hydrogen-bond donors (Lipinski definition) is 0. The summed E-state index contributed by atoms with van der Waals surface area (Å²) in [5.41, 5.74) is 0.889. The third-order valence-electron chi connectivity index (χ3n) is 2.97. The van der Waals surface area contributed by atoms with E-state index in [9.17, 15) is 13.2 Å². The second kappa shape index (κ2) is 5.54. The van der Waals surface area contributed by atoms with Gasteiger partial charge in [-0.1, -0.05) is 36.4 Å². The van der Waals surface area contributed by atoms with Gasteiger partial charge in [0.2, 0.25) is 10.0 Å². The van der Waals surface area contributed by atoms with Gasteiger partial charge in [-0.05, 0) is 12.0 Å². The van der Waals surface area contributed by atoms with Crippen LogP contribution in [0.15, 0.2) is 41.8 Å². The van der Waals surface area contributed by atoms with Crippen molar-refractivity contribution < 1.29 is 17.9 Å². The fraction of sp³-hybridized carbons (Fsp3) is 0.308. The lowest BCUT2D eigenvalue weighted by Gasteiger charge is -2.24. The summed E-state index contributed by atoms with van der Waals surface area (Å²) in [6.45, 7) is 0.203. The van der Waals surface area contributed by atoms with Gasteiger partial charge in [-0.3, -0.25) is 4.79 Å². The highest BCUT2D eigenvalue weighted by Crippen LogP contribution is 2.19. The van der Waals surface area contributed by atoms with Gasteiger partial charge in [-0.15, -0.1) is 0 Å². The molecule has 5 nitrogen and oxygen atoms in total. The number of carbonyl (C=O) groups is 1. The maximum atomic E-state index is 11.8. The van der Waals surface area contributed by atoms with Crippen LogP contribution in [-0.4, -0.2) is 38.4 Å². The van der Waals surface area contributed by atoms with Gasteiger partial charge < -0.3 is 4.74 Å². The zero-order valence-electron chi connectivity index (χ0n) is 10.5. The predicted octanol–water partition coefficient (Wildman–Crippen LogP) is 0.930. The molecule has 1 aromatic rings. The first-order valence-electron chi connectivity index (χ1n) is 5.85. The van der Waals surface area contributed by atoms with Crippen molar-refractivity contribution in [1.82, 2.24) is 4.31 Å². The van der Waals surface area contributed by atoms with Gasteiger partial charge in [0, 0.05) is 12.0 Å². The van der Waals surface area contributed by atoms with Crippen molar-refractivity contribution in [1.29, 1.82) is 0 Å². The first-order valence-corrected chi connectivity index (χ1v) is 7.35. The second-order valence-electron chi connectivity index (χ2n) is 4.22. The number of hydrogen-bond acceptors (Lipinski definition) is 4. The zero-order chi connectivity index (χ0) is 13.9. The van der Waals surface area contributed by atoms with Gasteiger partial charge in [0.15, 0.2) is 0 Å². The summed E-state index contributed by atoms with van der Waals surface area (Å²) in [4.78, 5) is 11.8. The molecular formula is C13H15NO4S. The number of ether oxygens (including phenoxy) is 1. The summed E-state index contributed by atoms with van der Waals surface area (Å²) in [5.74, 6) is -0.545. The summed E-state index contributed by atoms with van der Waals surface area (Å²) in [6, 6.07) is 8.44. The minimum atomic E-state index is -3.51. The van der Waals surface area contributed by atoms with Crippen molar-refractivity contribution in [2.24, 2.45) is 0 Å². The average Bonchev–Trinajstić information content (AvgIpc) is 2.76. The summed E-state index contributed by atoms with van der Waals surface area (Å²) in [5, 5.41) is 1.12. The largest absolute Gasteiger partial charge is 0.468 e.